The normalized spacial score (nSPS) is 21.8. The lowest BCUT2D eigenvalue weighted by Crippen LogP contribution is -2.52. The highest BCUT2D eigenvalue weighted by atomic mass is 35.5. The Morgan fingerprint density at radius 1 is 1.15 bits per heavy atom. The van der Waals surface area contributed by atoms with Crippen molar-refractivity contribution in [3.63, 3.8) is 0 Å². The Morgan fingerprint density at radius 2 is 1.88 bits per heavy atom. The fourth-order valence-electron chi connectivity index (χ4n) is 4.42. The van der Waals surface area contributed by atoms with Gasteiger partial charge < -0.3 is 25.1 Å². The Labute approximate surface area is 202 Å². The minimum absolute atomic E-state index is 0.0162. The number of rotatable bonds is 9. The molecule has 2 atom stereocenters. The lowest BCUT2D eigenvalue weighted by Gasteiger charge is -2.25. The summed E-state index contributed by atoms with van der Waals surface area (Å²) >= 11 is 6.01. The van der Waals surface area contributed by atoms with Gasteiger partial charge in [0.05, 0.1) is 13.2 Å². The highest BCUT2D eigenvalue weighted by molar-refractivity contribution is 6.30. The van der Waals surface area contributed by atoms with E-state index in [9.17, 15) is 9.59 Å². The lowest BCUT2D eigenvalue weighted by atomic mass is 9.89. The molecule has 2 aliphatic heterocycles. The minimum Gasteiger partial charge on any atom is -0.481 e. The monoisotopic (exact) mass is 486 g/mol. The van der Waals surface area contributed by atoms with Crippen molar-refractivity contribution in [2.45, 2.75) is 44.5 Å². The van der Waals surface area contributed by atoms with Crippen LogP contribution >= 0.6 is 11.6 Å². The van der Waals surface area contributed by atoms with Crippen molar-refractivity contribution in [2.24, 2.45) is 10.7 Å². The summed E-state index contributed by atoms with van der Waals surface area (Å²) in [6.07, 6.45) is 1.28. The molecule has 1 fully saturated rings. The van der Waals surface area contributed by atoms with E-state index >= 15 is 0 Å². The topological polar surface area (TPSA) is 120 Å². The van der Waals surface area contributed by atoms with Crippen LogP contribution in [0, 0.1) is 6.92 Å². The first kappa shape index (κ1) is 24.2. The number of benzene rings is 2. The number of hydrogen-bond acceptors (Lipinski definition) is 6. The molecular weight excluding hydrogens is 460 g/mol. The van der Waals surface area contributed by atoms with E-state index in [1.165, 1.54) is 0 Å². The first-order chi connectivity index (χ1) is 16.3. The molecule has 1 amide bonds. The van der Waals surface area contributed by atoms with E-state index < -0.39 is 23.8 Å². The molecule has 4 rings (SSSR count). The molecule has 1 saturated heterocycles. The van der Waals surface area contributed by atoms with Crippen LogP contribution in [0.2, 0.25) is 5.02 Å². The van der Waals surface area contributed by atoms with E-state index in [1.807, 2.05) is 43.3 Å². The van der Waals surface area contributed by atoms with Crippen LogP contribution in [0.25, 0.3) is 0 Å². The van der Waals surface area contributed by atoms with E-state index in [2.05, 4.69) is 4.99 Å². The number of aliphatic imine (C=N–C) groups is 1. The Balaban J connectivity index is 1.66. The summed E-state index contributed by atoms with van der Waals surface area (Å²) in [6.45, 7) is 2.76. The molecule has 0 bridgehead atoms. The van der Waals surface area contributed by atoms with Gasteiger partial charge in [-0.15, -0.1) is 0 Å². The minimum atomic E-state index is -1.86. The molecule has 0 aromatic heterocycles. The first-order valence-electron chi connectivity index (χ1n) is 11.2. The Bertz CT molecular complexity index is 1120. The third-order valence-corrected chi connectivity index (χ3v) is 6.43. The van der Waals surface area contributed by atoms with Crippen molar-refractivity contribution in [1.82, 2.24) is 0 Å². The molecule has 2 aromatic carbocycles. The molecule has 9 heteroatoms. The van der Waals surface area contributed by atoms with Gasteiger partial charge in [0.2, 0.25) is 0 Å². The van der Waals surface area contributed by atoms with Crippen LogP contribution in [0.5, 0.6) is 0 Å². The van der Waals surface area contributed by atoms with Crippen LogP contribution in [0.15, 0.2) is 41.4 Å². The number of carboxylic acids is 1. The zero-order valence-electron chi connectivity index (χ0n) is 18.9. The molecule has 0 saturated carbocycles. The molecule has 2 aliphatic rings. The average Bonchev–Trinajstić information content (AvgIpc) is 3.49. The quantitative estimate of drug-likeness (QED) is 0.561. The van der Waals surface area contributed by atoms with Gasteiger partial charge in [-0.2, -0.15) is 0 Å². The van der Waals surface area contributed by atoms with Crippen LogP contribution in [0.3, 0.4) is 0 Å². The number of hydrogen-bond donors (Lipinski definition) is 2. The number of nitrogens with zero attached hydrogens (tertiary/aromatic N) is 1. The Morgan fingerprint density at radius 3 is 2.53 bits per heavy atom. The fourth-order valence-corrected chi connectivity index (χ4v) is 4.55. The molecule has 0 spiro atoms. The van der Waals surface area contributed by atoms with Crippen molar-refractivity contribution in [1.29, 1.82) is 0 Å². The summed E-state index contributed by atoms with van der Waals surface area (Å²) < 4.78 is 17.5. The largest absolute Gasteiger partial charge is 0.481 e. The number of carbonyl (C=O) groups is 2. The third kappa shape index (κ3) is 4.94. The lowest BCUT2D eigenvalue weighted by molar-refractivity contribution is -0.164. The number of ether oxygens (including phenoxy) is 3. The second kappa shape index (κ2) is 10.1. The molecule has 2 aromatic rings. The third-order valence-electron chi connectivity index (χ3n) is 6.18. The van der Waals surface area contributed by atoms with Gasteiger partial charge in [0.1, 0.15) is 12.7 Å². The zero-order chi connectivity index (χ0) is 24.3. The zero-order valence-corrected chi connectivity index (χ0v) is 19.6. The molecule has 3 N–H and O–H groups in total. The molecule has 0 aliphatic carbocycles. The number of aryl methyl sites for hydroxylation is 3. The number of primary amides is 1. The second-order valence-corrected chi connectivity index (χ2v) is 8.81. The molecule has 180 valence electrons. The molecule has 8 nitrogen and oxygen atoms in total. The summed E-state index contributed by atoms with van der Waals surface area (Å²) in [6, 6.07) is 11.6. The van der Waals surface area contributed by atoms with Gasteiger partial charge in [-0.3, -0.25) is 9.59 Å². The van der Waals surface area contributed by atoms with Crippen molar-refractivity contribution < 1.29 is 28.9 Å². The van der Waals surface area contributed by atoms with Crippen LogP contribution in [0.4, 0.5) is 0 Å². The average molecular weight is 487 g/mol. The summed E-state index contributed by atoms with van der Waals surface area (Å²) in [7, 11) is 0. The number of amides is 1. The molecule has 34 heavy (non-hydrogen) atoms. The number of carboxylic acid groups (broad SMARTS) is 1. The van der Waals surface area contributed by atoms with Crippen molar-refractivity contribution in [3.05, 3.63) is 69.2 Å². The first-order valence-corrected chi connectivity index (χ1v) is 11.5. The van der Waals surface area contributed by atoms with Gasteiger partial charge in [0.15, 0.2) is 0 Å². The summed E-state index contributed by atoms with van der Waals surface area (Å²) in [5.41, 5.74) is 10.5. The van der Waals surface area contributed by atoms with Gasteiger partial charge >= 0.3 is 11.8 Å². The Kier molecular flexibility index (Phi) is 7.21. The Hall–Kier alpha value is -2.94. The smallest absolute Gasteiger partial charge is 0.329 e. The number of aliphatic carboxylic acids is 1. The van der Waals surface area contributed by atoms with Crippen LogP contribution in [-0.2, 0) is 43.1 Å². The predicted octanol–water partition coefficient (Wildman–Crippen LogP) is 3.15. The van der Waals surface area contributed by atoms with Gasteiger partial charge in [-0.1, -0.05) is 35.9 Å². The highest BCUT2D eigenvalue weighted by Crippen LogP contribution is 2.39. The van der Waals surface area contributed by atoms with Crippen molar-refractivity contribution >= 4 is 29.4 Å². The molecule has 2 heterocycles. The fraction of sp³-hybridized carbons (Fsp3) is 0.400. The summed E-state index contributed by atoms with van der Waals surface area (Å²) in [4.78, 5) is 27.7. The molecule has 2 unspecified atom stereocenters. The summed E-state index contributed by atoms with van der Waals surface area (Å²) in [5.74, 6) is -3.50. The van der Waals surface area contributed by atoms with Gasteiger partial charge in [-0.05, 0) is 66.1 Å². The maximum Gasteiger partial charge on any atom is 0.329 e. The summed E-state index contributed by atoms with van der Waals surface area (Å²) in [5, 5.41) is 9.83. The SMILES string of the molecule is Cc1c(CCC(=O)O)ccc(CCc2ccc(Cl)cc2)c1C1COC(C(N)=O)(C2=NCCO2)O1. The van der Waals surface area contributed by atoms with Crippen LogP contribution < -0.4 is 5.73 Å². The van der Waals surface area contributed by atoms with E-state index in [0.717, 1.165) is 34.2 Å². The molecular formula is C25H27ClN2O6. The van der Waals surface area contributed by atoms with E-state index in [-0.39, 0.29) is 18.9 Å². The van der Waals surface area contributed by atoms with Gasteiger partial charge in [-0.25, -0.2) is 4.99 Å². The maximum absolute atomic E-state index is 12.4. The molecule has 0 radical (unpaired) electrons. The standard InChI is InChI=1S/C25H27ClN2O6/c1-15-17(8-11-21(29)30)6-7-18(5-2-16-3-9-19(26)10-4-16)22(15)20-14-33-25(34-20,23(27)31)24-28-12-13-32-24/h3-4,6-7,9-10,20H,2,5,8,11-14H2,1H3,(H2,27,31)(H,29,30). The van der Waals surface area contributed by atoms with Crippen LogP contribution in [-0.4, -0.2) is 48.4 Å². The maximum atomic E-state index is 12.4. The van der Waals surface area contributed by atoms with Gasteiger partial charge in [0, 0.05) is 11.4 Å². The van der Waals surface area contributed by atoms with E-state index in [0.29, 0.717) is 31.0 Å². The number of halogens is 1. The second-order valence-electron chi connectivity index (χ2n) is 8.38. The van der Waals surface area contributed by atoms with E-state index in [4.69, 9.17) is 36.7 Å². The van der Waals surface area contributed by atoms with Crippen molar-refractivity contribution in [3.8, 4) is 0 Å². The van der Waals surface area contributed by atoms with Crippen molar-refractivity contribution in [2.75, 3.05) is 19.8 Å². The number of nitrogens with two attached hydrogens (primary N) is 1. The number of carbonyl (C=O) groups excluding carboxylic acids is 1. The van der Waals surface area contributed by atoms with E-state index in [1.54, 1.807) is 0 Å². The van der Waals surface area contributed by atoms with Gasteiger partial charge in [0.25, 0.3) is 11.8 Å². The predicted molar refractivity (Wildman–Crippen MR) is 126 cm³/mol. The van der Waals surface area contributed by atoms with Crippen LogP contribution in [0.1, 0.15) is 40.3 Å². The highest BCUT2D eigenvalue weighted by Gasteiger charge is 2.55.